The fraction of sp³-hybridized carbons (Fsp3) is 0.542. The summed E-state index contributed by atoms with van der Waals surface area (Å²) in [6, 6.07) is 7.51. The summed E-state index contributed by atoms with van der Waals surface area (Å²) in [5.74, 6) is 1.19. The van der Waals surface area contributed by atoms with Crippen LogP contribution in [-0.4, -0.2) is 35.1 Å². The molecule has 0 saturated heterocycles. The van der Waals surface area contributed by atoms with Gasteiger partial charge < -0.3 is 20.1 Å². The van der Waals surface area contributed by atoms with Crippen molar-refractivity contribution in [2.24, 2.45) is 0 Å². The molecule has 170 valence electrons. The van der Waals surface area contributed by atoms with E-state index in [0.29, 0.717) is 18.1 Å². The van der Waals surface area contributed by atoms with E-state index in [0.717, 1.165) is 36.1 Å². The highest BCUT2D eigenvalue weighted by atomic mass is 16.5. The summed E-state index contributed by atoms with van der Waals surface area (Å²) in [6.45, 7) is 12.8. The zero-order valence-corrected chi connectivity index (χ0v) is 19.6. The molecule has 0 aliphatic rings. The first kappa shape index (κ1) is 24.4. The molecule has 1 aromatic carbocycles. The van der Waals surface area contributed by atoms with Gasteiger partial charge in [-0.05, 0) is 36.3 Å². The van der Waals surface area contributed by atoms with Crippen LogP contribution in [0.1, 0.15) is 82.6 Å². The Morgan fingerprint density at radius 3 is 2.23 bits per heavy atom. The lowest BCUT2D eigenvalue weighted by Crippen LogP contribution is -2.41. The summed E-state index contributed by atoms with van der Waals surface area (Å²) >= 11 is 0. The maximum atomic E-state index is 13.2. The number of aromatic nitrogens is 1. The first-order valence-corrected chi connectivity index (χ1v) is 11.1. The van der Waals surface area contributed by atoms with Gasteiger partial charge in [0.25, 0.3) is 0 Å². The number of para-hydroxylation sites is 1. The third-order valence-corrected chi connectivity index (χ3v) is 5.15. The van der Waals surface area contributed by atoms with Gasteiger partial charge in [-0.1, -0.05) is 70.8 Å². The minimum atomic E-state index is -0.304. The van der Waals surface area contributed by atoms with Gasteiger partial charge >= 0.3 is 6.03 Å². The van der Waals surface area contributed by atoms with Gasteiger partial charge in [0.15, 0.2) is 5.82 Å². The van der Waals surface area contributed by atoms with Crippen LogP contribution >= 0.6 is 0 Å². The molecule has 7 nitrogen and oxygen atoms in total. The standard InChI is InChI=1S/C24H36N4O3/c1-7-8-9-13-28(15-22(29)25-21-14-18(6)31-27-21)24(30)26-23-19(16(2)3)11-10-12-20(23)17(4)5/h10-12,14,16-17H,7-9,13,15H2,1-6H3,(H,26,30)(H,25,27,29). The number of anilines is 2. The maximum absolute atomic E-state index is 13.2. The molecule has 0 atom stereocenters. The molecule has 1 aromatic heterocycles. The number of urea groups is 1. The molecule has 2 N–H and O–H groups in total. The number of nitrogens with zero attached hydrogens (tertiary/aromatic N) is 2. The molecule has 2 rings (SSSR count). The second-order valence-electron chi connectivity index (χ2n) is 8.55. The number of amides is 3. The first-order valence-electron chi connectivity index (χ1n) is 11.1. The SMILES string of the molecule is CCCCCN(CC(=O)Nc1cc(C)on1)C(=O)Nc1c(C(C)C)cccc1C(C)C. The normalized spacial score (nSPS) is 11.1. The van der Waals surface area contributed by atoms with Gasteiger partial charge in [0.2, 0.25) is 5.91 Å². The highest BCUT2D eigenvalue weighted by Crippen LogP contribution is 2.32. The second kappa shape index (κ2) is 11.5. The molecule has 31 heavy (non-hydrogen) atoms. The summed E-state index contributed by atoms with van der Waals surface area (Å²) in [7, 11) is 0. The van der Waals surface area contributed by atoms with E-state index < -0.39 is 0 Å². The van der Waals surface area contributed by atoms with Crippen molar-refractivity contribution >= 4 is 23.4 Å². The van der Waals surface area contributed by atoms with Gasteiger partial charge in [0.1, 0.15) is 12.3 Å². The van der Waals surface area contributed by atoms with Crippen LogP contribution in [0.15, 0.2) is 28.8 Å². The Kier molecular flexibility index (Phi) is 9.09. The van der Waals surface area contributed by atoms with Crippen molar-refractivity contribution in [3.8, 4) is 0 Å². The average molecular weight is 429 g/mol. The average Bonchev–Trinajstić information content (AvgIpc) is 3.11. The van der Waals surface area contributed by atoms with Crippen molar-refractivity contribution in [1.29, 1.82) is 0 Å². The number of hydrogen-bond acceptors (Lipinski definition) is 4. The lowest BCUT2D eigenvalue weighted by atomic mass is 9.93. The summed E-state index contributed by atoms with van der Waals surface area (Å²) in [5.41, 5.74) is 3.04. The highest BCUT2D eigenvalue weighted by Gasteiger charge is 2.21. The smallest absolute Gasteiger partial charge is 0.322 e. The summed E-state index contributed by atoms with van der Waals surface area (Å²) in [5, 5.41) is 9.60. The lowest BCUT2D eigenvalue weighted by molar-refractivity contribution is -0.116. The molecule has 1 heterocycles. The van der Waals surface area contributed by atoms with Crippen LogP contribution in [0, 0.1) is 6.92 Å². The van der Waals surface area contributed by atoms with Gasteiger partial charge in [-0.3, -0.25) is 4.79 Å². The molecule has 0 spiro atoms. The monoisotopic (exact) mass is 428 g/mol. The van der Waals surface area contributed by atoms with E-state index in [4.69, 9.17) is 4.52 Å². The molecular formula is C24H36N4O3. The lowest BCUT2D eigenvalue weighted by Gasteiger charge is -2.26. The zero-order valence-electron chi connectivity index (χ0n) is 19.6. The number of hydrogen-bond donors (Lipinski definition) is 2. The van der Waals surface area contributed by atoms with Gasteiger partial charge in [0.05, 0.1) is 0 Å². The number of aryl methyl sites for hydroxylation is 1. The first-order chi connectivity index (χ1) is 14.7. The van der Waals surface area contributed by atoms with Crippen LogP contribution in [0.4, 0.5) is 16.3 Å². The minimum absolute atomic E-state index is 0.0533. The van der Waals surface area contributed by atoms with Crippen molar-refractivity contribution in [2.45, 2.75) is 72.6 Å². The Hall–Kier alpha value is -2.83. The van der Waals surface area contributed by atoms with Crippen LogP contribution < -0.4 is 10.6 Å². The third kappa shape index (κ3) is 7.12. The number of carbonyl (C=O) groups is 2. The largest absolute Gasteiger partial charge is 0.360 e. The number of benzene rings is 1. The highest BCUT2D eigenvalue weighted by molar-refractivity contribution is 5.97. The van der Waals surface area contributed by atoms with E-state index in [1.807, 2.05) is 18.2 Å². The fourth-order valence-electron chi connectivity index (χ4n) is 3.47. The van der Waals surface area contributed by atoms with Gasteiger partial charge in [-0.15, -0.1) is 0 Å². The van der Waals surface area contributed by atoms with Crippen LogP contribution in [0.25, 0.3) is 0 Å². The van der Waals surface area contributed by atoms with Crippen LogP contribution in [0.2, 0.25) is 0 Å². The molecular weight excluding hydrogens is 392 g/mol. The fourth-order valence-corrected chi connectivity index (χ4v) is 3.47. The van der Waals surface area contributed by atoms with E-state index in [9.17, 15) is 9.59 Å². The van der Waals surface area contributed by atoms with Crippen LogP contribution in [0.5, 0.6) is 0 Å². The predicted octanol–water partition coefficient (Wildman–Crippen LogP) is 5.89. The van der Waals surface area contributed by atoms with E-state index in [2.05, 4.69) is 50.4 Å². The van der Waals surface area contributed by atoms with Crippen molar-refractivity contribution in [1.82, 2.24) is 10.1 Å². The van der Waals surface area contributed by atoms with E-state index in [1.165, 1.54) is 0 Å². The number of rotatable bonds is 10. The maximum Gasteiger partial charge on any atom is 0.322 e. The molecule has 0 bridgehead atoms. The molecule has 0 unspecified atom stereocenters. The summed E-state index contributed by atoms with van der Waals surface area (Å²) in [6.07, 6.45) is 2.87. The van der Waals surface area contributed by atoms with Crippen molar-refractivity contribution in [2.75, 3.05) is 23.7 Å². The Morgan fingerprint density at radius 2 is 1.71 bits per heavy atom. The van der Waals surface area contributed by atoms with Gasteiger partial charge in [-0.25, -0.2) is 4.79 Å². The van der Waals surface area contributed by atoms with Gasteiger partial charge in [0, 0.05) is 18.3 Å². The quantitative estimate of drug-likeness (QED) is 0.462. The third-order valence-electron chi connectivity index (χ3n) is 5.15. The van der Waals surface area contributed by atoms with Crippen LogP contribution in [-0.2, 0) is 4.79 Å². The van der Waals surface area contributed by atoms with E-state index in [1.54, 1.807) is 17.9 Å². The molecule has 3 amide bonds. The van der Waals surface area contributed by atoms with Crippen molar-refractivity contribution in [3.05, 3.63) is 41.2 Å². The topological polar surface area (TPSA) is 87.5 Å². The van der Waals surface area contributed by atoms with E-state index >= 15 is 0 Å². The second-order valence-corrected chi connectivity index (χ2v) is 8.55. The molecule has 0 aliphatic carbocycles. The van der Waals surface area contributed by atoms with Crippen molar-refractivity contribution < 1.29 is 14.1 Å². The van der Waals surface area contributed by atoms with E-state index in [-0.39, 0.29) is 30.3 Å². The number of carbonyl (C=O) groups excluding carboxylic acids is 2. The Bertz CT molecular complexity index is 847. The van der Waals surface area contributed by atoms with Crippen molar-refractivity contribution in [3.63, 3.8) is 0 Å². The molecule has 7 heteroatoms. The number of nitrogens with one attached hydrogen (secondary N) is 2. The molecule has 0 aliphatic heterocycles. The Labute approximate surface area is 185 Å². The summed E-state index contributed by atoms with van der Waals surface area (Å²) < 4.78 is 4.99. The van der Waals surface area contributed by atoms with Crippen LogP contribution in [0.3, 0.4) is 0 Å². The Balaban J connectivity index is 2.20. The predicted molar refractivity (Wildman–Crippen MR) is 125 cm³/mol. The molecule has 0 fully saturated rings. The van der Waals surface area contributed by atoms with Gasteiger partial charge in [-0.2, -0.15) is 0 Å². The molecule has 2 aromatic rings. The Morgan fingerprint density at radius 1 is 1.06 bits per heavy atom. The molecule has 0 radical (unpaired) electrons. The minimum Gasteiger partial charge on any atom is -0.360 e. The molecule has 0 saturated carbocycles. The zero-order chi connectivity index (χ0) is 23.0. The summed E-state index contributed by atoms with van der Waals surface area (Å²) in [4.78, 5) is 27.4. The number of unbranched alkanes of at least 4 members (excludes halogenated alkanes) is 2.